The lowest BCUT2D eigenvalue weighted by molar-refractivity contribution is 0.0730. The highest BCUT2D eigenvalue weighted by Gasteiger charge is 2.25. The molecule has 0 atom stereocenters. The molecule has 4 rings (SSSR count). The maximum atomic E-state index is 13.1. The molecular formula is C24H30N4O. The number of hydrogen-bond acceptors (Lipinski definition) is 4. The van der Waals surface area contributed by atoms with E-state index >= 15 is 0 Å². The number of hydrogen-bond donors (Lipinski definition) is 1. The van der Waals surface area contributed by atoms with Gasteiger partial charge in [-0.1, -0.05) is 38.1 Å². The second kappa shape index (κ2) is 8.62. The molecule has 0 bridgehead atoms. The van der Waals surface area contributed by atoms with Crippen LogP contribution in [-0.2, 0) is 6.42 Å². The van der Waals surface area contributed by atoms with Gasteiger partial charge in [-0.15, -0.1) is 0 Å². The number of anilines is 1. The number of pyridine rings is 1. The minimum absolute atomic E-state index is 0.253. The number of rotatable bonds is 2. The highest BCUT2D eigenvalue weighted by atomic mass is 16.2. The van der Waals surface area contributed by atoms with Crippen molar-refractivity contribution in [1.82, 2.24) is 10.1 Å². The molecule has 0 fully saturated rings. The molecule has 5 nitrogen and oxygen atoms in total. The number of nitrogens with two attached hydrogens (primary N) is 1. The summed E-state index contributed by atoms with van der Waals surface area (Å²) in [6, 6.07) is 12.2. The van der Waals surface area contributed by atoms with Gasteiger partial charge in [0.05, 0.1) is 16.8 Å². The van der Waals surface area contributed by atoms with Crippen LogP contribution in [0.1, 0.15) is 52.9 Å². The molecule has 5 heteroatoms. The van der Waals surface area contributed by atoms with Crippen molar-refractivity contribution in [3.05, 3.63) is 70.4 Å². The number of nitrogens with zero attached hydrogens (tertiary/aromatic N) is 3. The Bertz CT molecular complexity index is 1040. The van der Waals surface area contributed by atoms with Gasteiger partial charge in [0.1, 0.15) is 0 Å². The summed E-state index contributed by atoms with van der Waals surface area (Å²) >= 11 is 0. The number of hydrazine groups is 2. The second-order valence-electron chi connectivity index (χ2n) is 7.31. The number of carbonyl (C=O) groups excluding carboxylic acids is 1. The first-order valence-electron chi connectivity index (χ1n) is 10.3. The number of carbonyl (C=O) groups is 1. The van der Waals surface area contributed by atoms with Crippen molar-refractivity contribution in [2.45, 2.75) is 47.5 Å². The third-order valence-corrected chi connectivity index (χ3v) is 5.43. The molecule has 152 valence electrons. The van der Waals surface area contributed by atoms with Gasteiger partial charge in [-0.3, -0.25) is 14.8 Å². The third-order valence-electron chi connectivity index (χ3n) is 5.43. The van der Waals surface area contributed by atoms with Gasteiger partial charge in [-0.2, -0.15) is 5.12 Å². The quantitative estimate of drug-likeness (QED) is 0.385. The molecule has 0 saturated carbocycles. The van der Waals surface area contributed by atoms with Crippen LogP contribution in [-0.4, -0.2) is 22.6 Å². The maximum absolute atomic E-state index is 13.1. The van der Waals surface area contributed by atoms with E-state index in [-0.39, 0.29) is 5.91 Å². The Hall–Kier alpha value is -2.92. The highest BCUT2D eigenvalue weighted by molar-refractivity contribution is 5.98. The Morgan fingerprint density at radius 1 is 1.10 bits per heavy atom. The van der Waals surface area contributed by atoms with E-state index < -0.39 is 0 Å². The zero-order chi connectivity index (χ0) is 21.1. The van der Waals surface area contributed by atoms with Gasteiger partial charge >= 0.3 is 0 Å². The number of amides is 1. The first-order chi connectivity index (χ1) is 14.0. The Morgan fingerprint density at radius 3 is 2.62 bits per heavy atom. The van der Waals surface area contributed by atoms with Crippen LogP contribution in [0.15, 0.2) is 42.6 Å². The molecule has 0 radical (unpaired) electrons. The van der Waals surface area contributed by atoms with E-state index in [9.17, 15) is 4.79 Å². The van der Waals surface area contributed by atoms with Gasteiger partial charge < -0.3 is 0 Å². The topological polar surface area (TPSA) is 62.5 Å². The van der Waals surface area contributed by atoms with Crippen LogP contribution in [0.3, 0.4) is 0 Å². The predicted octanol–water partition coefficient (Wildman–Crippen LogP) is 4.87. The van der Waals surface area contributed by atoms with E-state index in [1.807, 2.05) is 44.8 Å². The molecule has 29 heavy (non-hydrogen) atoms. The standard InChI is InChI=1S/C22H24N4O.C2H6/c1-14-6-8-17-5-4-10-25(20(17)11-14)26(23)22(27)19-12-18-9-7-15(2)16(3)21(18)24-13-19;1-2/h6-9,11-13H,4-5,10,23H2,1-3H3;1-2H3. The van der Waals surface area contributed by atoms with Crippen molar-refractivity contribution in [2.75, 3.05) is 11.6 Å². The number of aromatic nitrogens is 1. The zero-order valence-electron chi connectivity index (χ0n) is 18.0. The van der Waals surface area contributed by atoms with Gasteiger partial charge in [0.15, 0.2) is 0 Å². The fourth-order valence-corrected chi connectivity index (χ4v) is 3.70. The van der Waals surface area contributed by atoms with Crippen LogP contribution < -0.4 is 10.9 Å². The maximum Gasteiger partial charge on any atom is 0.288 e. The van der Waals surface area contributed by atoms with Crippen molar-refractivity contribution in [2.24, 2.45) is 5.84 Å². The smallest absolute Gasteiger partial charge is 0.268 e. The van der Waals surface area contributed by atoms with Crippen LogP contribution in [0.2, 0.25) is 0 Å². The zero-order valence-corrected chi connectivity index (χ0v) is 18.0. The minimum Gasteiger partial charge on any atom is -0.268 e. The molecule has 1 aliphatic rings. The van der Waals surface area contributed by atoms with E-state index in [1.54, 1.807) is 6.20 Å². The number of benzene rings is 2. The molecule has 1 aliphatic heterocycles. The summed E-state index contributed by atoms with van der Waals surface area (Å²) < 4.78 is 0. The lowest BCUT2D eigenvalue weighted by Gasteiger charge is -2.37. The molecule has 0 spiro atoms. The molecule has 2 N–H and O–H groups in total. The molecule has 0 unspecified atom stereocenters. The summed E-state index contributed by atoms with van der Waals surface area (Å²) in [7, 11) is 0. The van der Waals surface area contributed by atoms with Gasteiger partial charge in [-0.25, -0.2) is 5.84 Å². The van der Waals surface area contributed by atoms with Crippen LogP contribution in [0.5, 0.6) is 0 Å². The number of aryl methyl sites for hydroxylation is 4. The first-order valence-corrected chi connectivity index (χ1v) is 10.3. The first kappa shape index (κ1) is 20.8. The Kier molecular flexibility index (Phi) is 6.18. The van der Waals surface area contributed by atoms with Gasteiger partial charge in [-0.05, 0) is 68.0 Å². The monoisotopic (exact) mass is 390 g/mol. The third kappa shape index (κ3) is 3.96. The molecule has 2 heterocycles. The molecule has 0 aliphatic carbocycles. The molecule has 3 aromatic rings. The van der Waals surface area contributed by atoms with E-state index in [1.165, 1.54) is 16.2 Å². The number of fused-ring (bicyclic) bond motifs is 2. The fraction of sp³-hybridized carbons (Fsp3) is 0.333. The lowest BCUT2D eigenvalue weighted by Crippen LogP contribution is -2.53. The summed E-state index contributed by atoms with van der Waals surface area (Å²) in [5, 5.41) is 4.06. The van der Waals surface area contributed by atoms with Gasteiger partial charge in [0.2, 0.25) is 0 Å². The van der Waals surface area contributed by atoms with Crippen LogP contribution >= 0.6 is 0 Å². The largest absolute Gasteiger partial charge is 0.288 e. The van der Waals surface area contributed by atoms with E-state index in [0.717, 1.165) is 47.1 Å². The van der Waals surface area contributed by atoms with Crippen molar-refractivity contribution in [3.8, 4) is 0 Å². The summed E-state index contributed by atoms with van der Waals surface area (Å²) in [5.74, 6) is 6.02. The minimum atomic E-state index is -0.253. The highest BCUT2D eigenvalue weighted by Crippen LogP contribution is 2.29. The van der Waals surface area contributed by atoms with Crippen molar-refractivity contribution in [3.63, 3.8) is 0 Å². The Morgan fingerprint density at radius 2 is 1.86 bits per heavy atom. The average molecular weight is 391 g/mol. The van der Waals surface area contributed by atoms with E-state index in [4.69, 9.17) is 5.84 Å². The van der Waals surface area contributed by atoms with Crippen molar-refractivity contribution >= 4 is 22.5 Å². The molecule has 1 aromatic heterocycles. The fourth-order valence-electron chi connectivity index (χ4n) is 3.70. The van der Waals surface area contributed by atoms with E-state index in [2.05, 4.69) is 36.2 Å². The van der Waals surface area contributed by atoms with Gasteiger partial charge in [0, 0.05) is 18.1 Å². The summed E-state index contributed by atoms with van der Waals surface area (Å²) in [4.78, 5) is 17.6. The van der Waals surface area contributed by atoms with Crippen LogP contribution in [0.4, 0.5) is 5.69 Å². The van der Waals surface area contributed by atoms with Crippen LogP contribution in [0.25, 0.3) is 10.9 Å². The summed E-state index contributed by atoms with van der Waals surface area (Å²) in [6.07, 6.45) is 3.59. The van der Waals surface area contributed by atoms with E-state index in [0.29, 0.717) is 5.56 Å². The molecule has 1 amide bonds. The van der Waals surface area contributed by atoms with Crippen molar-refractivity contribution in [1.29, 1.82) is 0 Å². The molecule has 0 saturated heterocycles. The lowest BCUT2D eigenvalue weighted by atomic mass is 10.0. The average Bonchev–Trinajstić information content (AvgIpc) is 2.76. The predicted molar refractivity (Wildman–Crippen MR) is 120 cm³/mol. The summed E-state index contributed by atoms with van der Waals surface area (Å²) in [6.45, 7) is 10.9. The second-order valence-corrected chi connectivity index (χ2v) is 7.31. The van der Waals surface area contributed by atoms with Crippen molar-refractivity contribution < 1.29 is 4.79 Å². The molecular weight excluding hydrogens is 360 g/mol. The summed E-state index contributed by atoms with van der Waals surface area (Å²) in [5.41, 5.74) is 7.13. The molecule has 2 aromatic carbocycles. The van der Waals surface area contributed by atoms with Gasteiger partial charge in [0.25, 0.3) is 5.91 Å². The SMILES string of the molecule is CC.Cc1ccc2c(c1)N(N(N)C(=O)c1cnc3c(C)c(C)ccc3c1)CCC2. The van der Waals surface area contributed by atoms with Crippen LogP contribution in [0, 0.1) is 20.8 Å². The Labute approximate surface area is 173 Å². The Balaban J connectivity index is 0.00000117. The normalized spacial score (nSPS) is 12.8.